The zero-order valence-electron chi connectivity index (χ0n) is 13.7. The molecule has 1 amide bonds. The number of ether oxygens (including phenoxy) is 2. The number of carbonyl (C=O) groups excluding carboxylic acids is 1. The number of carbonyl (C=O) groups is 1. The first-order valence-electron chi connectivity index (χ1n) is 8.49. The normalized spacial score (nSPS) is 24.3. The van der Waals surface area contributed by atoms with E-state index in [1.165, 1.54) is 12.1 Å². The van der Waals surface area contributed by atoms with E-state index in [0.717, 1.165) is 24.8 Å². The molecule has 3 heterocycles. The summed E-state index contributed by atoms with van der Waals surface area (Å²) in [7, 11) is 0. The fraction of sp³-hybridized carbons (Fsp3) is 0.368. The molecule has 2 aliphatic rings. The summed E-state index contributed by atoms with van der Waals surface area (Å²) in [5.41, 5.74) is 0.879. The highest BCUT2D eigenvalue weighted by molar-refractivity contribution is 5.79. The summed E-state index contributed by atoms with van der Waals surface area (Å²) in [5, 5.41) is 2.95. The average Bonchev–Trinajstić information content (AvgIpc) is 3.24. The molecule has 0 radical (unpaired) electrons. The number of amides is 1. The molecule has 1 N–H and O–H groups in total. The lowest BCUT2D eigenvalue weighted by Crippen LogP contribution is -2.35. The lowest BCUT2D eigenvalue weighted by atomic mass is 9.88. The Bertz CT molecular complexity index is 766. The summed E-state index contributed by atoms with van der Waals surface area (Å²) < 4.78 is 24.4. The van der Waals surface area contributed by atoms with Gasteiger partial charge in [0.25, 0.3) is 0 Å². The second kappa shape index (κ2) is 6.80. The van der Waals surface area contributed by atoms with Crippen LogP contribution in [0, 0.1) is 11.7 Å². The van der Waals surface area contributed by atoms with Gasteiger partial charge in [-0.15, -0.1) is 0 Å². The molecule has 1 aromatic heterocycles. The van der Waals surface area contributed by atoms with Gasteiger partial charge < -0.3 is 14.8 Å². The maximum absolute atomic E-state index is 13.1. The molecule has 25 heavy (non-hydrogen) atoms. The molecule has 130 valence electrons. The summed E-state index contributed by atoms with van der Waals surface area (Å²) in [6.45, 7) is 0.417. The molecule has 5 nitrogen and oxygen atoms in total. The summed E-state index contributed by atoms with van der Waals surface area (Å²) >= 11 is 0. The van der Waals surface area contributed by atoms with E-state index in [0.29, 0.717) is 18.2 Å². The highest BCUT2D eigenvalue weighted by Gasteiger charge is 2.44. The van der Waals surface area contributed by atoms with Gasteiger partial charge in [-0.2, -0.15) is 0 Å². The Morgan fingerprint density at radius 1 is 1.32 bits per heavy atom. The van der Waals surface area contributed by atoms with Gasteiger partial charge in [0, 0.05) is 24.9 Å². The average molecular weight is 342 g/mol. The predicted octanol–water partition coefficient (Wildman–Crippen LogP) is 3.20. The Morgan fingerprint density at radius 2 is 2.24 bits per heavy atom. The van der Waals surface area contributed by atoms with E-state index >= 15 is 0 Å². The van der Waals surface area contributed by atoms with Crippen LogP contribution in [0.1, 0.15) is 24.8 Å². The van der Waals surface area contributed by atoms with Crippen LogP contribution in [-0.4, -0.2) is 23.1 Å². The molecule has 4 rings (SSSR count). The SMILES string of the molecule is O=C(NCc1ccc(Oc2cccc(F)c2)nc1)[C@@H]1C[C@H]2CC[C@@H]1O2. The predicted molar refractivity (Wildman–Crippen MR) is 88.6 cm³/mol. The van der Waals surface area contributed by atoms with Crippen molar-refractivity contribution in [2.24, 2.45) is 5.92 Å². The van der Waals surface area contributed by atoms with Crippen molar-refractivity contribution in [2.75, 3.05) is 0 Å². The van der Waals surface area contributed by atoms with Crippen molar-refractivity contribution in [3.63, 3.8) is 0 Å². The summed E-state index contributed by atoms with van der Waals surface area (Å²) in [6, 6.07) is 9.43. The molecule has 2 aliphatic heterocycles. The van der Waals surface area contributed by atoms with Crippen molar-refractivity contribution in [3.05, 3.63) is 54.0 Å². The van der Waals surface area contributed by atoms with Crippen LogP contribution in [-0.2, 0) is 16.1 Å². The van der Waals surface area contributed by atoms with Crippen molar-refractivity contribution in [2.45, 2.75) is 38.0 Å². The quantitative estimate of drug-likeness (QED) is 0.906. The maximum Gasteiger partial charge on any atom is 0.226 e. The van der Waals surface area contributed by atoms with Gasteiger partial charge in [0.1, 0.15) is 11.6 Å². The van der Waals surface area contributed by atoms with Crippen LogP contribution < -0.4 is 10.1 Å². The standard InChI is InChI=1S/C19H19FN2O3/c20-13-2-1-3-14(8-13)25-18-7-4-12(10-21-18)11-22-19(23)16-9-15-5-6-17(16)24-15/h1-4,7-8,10,15-17H,5-6,9,11H2,(H,22,23)/t15-,16-,17+/m1/s1. The van der Waals surface area contributed by atoms with E-state index < -0.39 is 0 Å². The van der Waals surface area contributed by atoms with Gasteiger partial charge in [-0.05, 0) is 37.0 Å². The monoisotopic (exact) mass is 342 g/mol. The molecule has 0 saturated carbocycles. The van der Waals surface area contributed by atoms with Gasteiger partial charge >= 0.3 is 0 Å². The molecular weight excluding hydrogens is 323 g/mol. The van der Waals surface area contributed by atoms with Crippen LogP contribution in [0.5, 0.6) is 11.6 Å². The van der Waals surface area contributed by atoms with E-state index in [4.69, 9.17) is 9.47 Å². The zero-order chi connectivity index (χ0) is 17.2. The minimum Gasteiger partial charge on any atom is -0.439 e. The van der Waals surface area contributed by atoms with Crippen LogP contribution in [0.3, 0.4) is 0 Å². The third-order valence-electron chi connectivity index (χ3n) is 4.73. The van der Waals surface area contributed by atoms with Crippen LogP contribution >= 0.6 is 0 Å². The second-order valence-electron chi connectivity index (χ2n) is 6.50. The first kappa shape index (κ1) is 16.0. The smallest absolute Gasteiger partial charge is 0.226 e. The van der Waals surface area contributed by atoms with Crippen LogP contribution in [0.25, 0.3) is 0 Å². The third kappa shape index (κ3) is 3.64. The number of hydrogen-bond acceptors (Lipinski definition) is 4. The maximum atomic E-state index is 13.1. The second-order valence-corrected chi connectivity index (χ2v) is 6.50. The minimum atomic E-state index is -0.360. The highest BCUT2D eigenvalue weighted by Crippen LogP contribution is 2.38. The topological polar surface area (TPSA) is 60.5 Å². The number of rotatable bonds is 5. The lowest BCUT2D eigenvalue weighted by Gasteiger charge is -2.17. The van der Waals surface area contributed by atoms with Crippen LogP contribution in [0.4, 0.5) is 4.39 Å². The van der Waals surface area contributed by atoms with Gasteiger partial charge in [0.2, 0.25) is 11.8 Å². The molecule has 2 fully saturated rings. The Kier molecular flexibility index (Phi) is 4.36. The van der Waals surface area contributed by atoms with Gasteiger partial charge in [-0.3, -0.25) is 4.79 Å². The summed E-state index contributed by atoms with van der Waals surface area (Å²) in [4.78, 5) is 16.5. The highest BCUT2D eigenvalue weighted by atomic mass is 19.1. The van der Waals surface area contributed by atoms with Gasteiger partial charge in [-0.1, -0.05) is 12.1 Å². The Labute approximate surface area is 145 Å². The molecule has 2 aromatic rings. The summed E-state index contributed by atoms with van der Waals surface area (Å²) in [6.07, 6.45) is 4.88. The largest absolute Gasteiger partial charge is 0.439 e. The van der Waals surface area contributed by atoms with Crippen molar-refractivity contribution in [3.8, 4) is 11.6 Å². The van der Waals surface area contributed by atoms with Gasteiger partial charge in [0.05, 0.1) is 18.1 Å². The Morgan fingerprint density at radius 3 is 2.92 bits per heavy atom. The number of nitrogens with one attached hydrogen (secondary N) is 1. The molecule has 3 atom stereocenters. The molecule has 2 bridgehead atoms. The van der Waals surface area contributed by atoms with E-state index in [9.17, 15) is 9.18 Å². The molecule has 0 unspecified atom stereocenters. The van der Waals surface area contributed by atoms with Crippen molar-refractivity contribution in [1.29, 1.82) is 0 Å². The number of nitrogens with zero attached hydrogens (tertiary/aromatic N) is 1. The van der Waals surface area contributed by atoms with Crippen LogP contribution in [0.15, 0.2) is 42.6 Å². The fourth-order valence-electron chi connectivity index (χ4n) is 3.46. The molecule has 0 aliphatic carbocycles. The molecular formula is C19H19FN2O3. The number of pyridine rings is 1. The Balaban J connectivity index is 1.31. The number of halogens is 1. The minimum absolute atomic E-state index is 0.0257. The zero-order valence-corrected chi connectivity index (χ0v) is 13.7. The number of hydrogen-bond donors (Lipinski definition) is 1. The number of aromatic nitrogens is 1. The van der Waals surface area contributed by atoms with E-state index in [1.807, 2.05) is 6.07 Å². The molecule has 0 spiro atoms. The Hall–Kier alpha value is -2.47. The van der Waals surface area contributed by atoms with Crippen molar-refractivity contribution in [1.82, 2.24) is 10.3 Å². The third-order valence-corrected chi connectivity index (χ3v) is 4.73. The number of benzene rings is 1. The van der Waals surface area contributed by atoms with E-state index in [1.54, 1.807) is 24.4 Å². The lowest BCUT2D eigenvalue weighted by molar-refractivity contribution is -0.126. The first-order chi connectivity index (χ1) is 12.2. The van der Waals surface area contributed by atoms with Gasteiger partial charge in [0.15, 0.2) is 0 Å². The van der Waals surface area contributed by atoms with E-state index in [2.05, 4.69) is 10.3 Å². The summed E-state index contributed by atoms with van der Waals surface area (Å²) in [5.74, 6) is 0.433. The van der Waals surface area contributed by atoms with Crippen molar-refractivity contribution < 1.29 is 18.7 Å². The molecule has 6 heteroatoms. The van der Waals surface area contributed by atoms with E-state index in [-0.39, 0.29) is 29.9 Å². The fourth-order valence-corrected chi connectivity index (χ4v) is 3.46. The number of fused-ring (bicyclic) bond motifs is 2. The van der Waals surface area contributed by atoms with Crippen molar-refractivity contribution >= 4 is 5.91 Å². The van der Waals surface area contributed by atoms with Gasteiger partial charge in [-0.25, -0.2) is 9.37 Å². The molecule has 2 saturated heterocycles. The first-order valence-corrected chi connectivity index (χ1v) is 8.49. The molecule has 1 aromatic carbocycles. The van der Waals surface area contributed by atoms with Crippen LogP contribution in [0.2, 0.25) is 0 Å².